The van der Waals surface area contributed by atoms with Gasteiger partial charge in [0.1, 0.15) is 5.82 Å². The molecule has 0 radical (unpaired) electrons. The minimum absolute atomic E-state index is 0.00121. The zero-order valence-corrected chi connectivity index (χ0v) is 12.9. The number of carbonyl (C=O) groups excluding carboxylic acids is 1. The van der Waals surface area contributed by atoms with Crippen LogP contribution < -0.4 is 0 Å². The number of ether oxygens (including phenoxy) is 1. The first-order valence-corrected chi connectivity index (χ1v) is 7.39. The van der Waals surface area contributed by atoms with E-state index in [1.54, 1.807) is 18.7 Å². The molecule has 7 nitrogen and oxygen atoms in total. The summed E-state index contributed by atoms with van der Waals surface area (Å²) in [7, 11) is 0. The molecule has 0 saturated carbocycles. The maximum atomic E-state index is 12.8. The lowest BCUT2D eigenvalue weighted by molar-refractivity contribution is -0.137. The van der Waals surface area contributed by atoms with E-state index < -0.39 is 5.97 Å². The minimum atomic E-state index is -0.915. The Labute approximate surface area is 129 Å². The molecule has 1 saturated heterocycles. The highest BCUT2D eigenvalue weighted by molar-refractivity contribution is 5.95. The van der Waals surface area contributed by atoms with Gasteiger partial charge in [0.2, 0.25) is 0 Å². The molecule has 7 heteroatoms. The number of aromatic nitrogens is 2. The number of carbonyl (C=O) groups is 2. The average Bonchev–Trinajstić information content (AvgIpc) is 2.48. The van der Waals surface area contributed by atoms with E-state index in [1.807, 2.05) is 0 Å². The zero-order chi connectivity index (χ0) is 16.1. The fraction of sp³-hybridized carbons (Fsp3) is 0.600. The van der Waals surface area contributed by atoms with Gasteiger partial charge in [-0.3, -0.25) is 9.59 Å². The van der Waals surface area contributed by atoms with Gasteiger partial charge < -0.3 is 14.7 Å². The van der Waals surface area contributed by atoms with E-state index in [1.165, 1.54) is 6.20 Å². The summed E-state index contributed by atoms with van der Waals surface area (Å²) in [6.07, 6.45) is 2.89. The Balaban J connectivity index is 2.21. The molecule has 22 heavy (non-hydrogen) atoms. The fourth-order valence-electron chi connectivity index (χ4n) is 2.61. The number of hydrogen-bond acceptors (Lipinski definition) is 5. The van der Waals surface area contributed by atoms with Gasteiger partial charge in [-0.1, -0.05) is 0 Å². The summed E-state index contributed by atoms with van der Waals surface area (Å²) in [6.45, 7) is 4.89. The standard InChI is InChI=1S/C15H21N3O4/c1-10-13(9-16-11(2)17-10)15(21)18(6-3-14(19)20)12-4-7-22-8-5-12/h9,12H,3-8H2,1-2H3,(H,19,20). The van der Waals surface area contributed by atoms with Gasteiger partial charge in [0.25, 0.3) is 5.91 Å². The molecule has 1 fully saturated rings. The zero-order valence-electron chi connectivity index (χ0n) is 12.9. The van der Waals surface area contributed by atoms with Crippen molar-refractivity contribution in [3.8, 4) is 0 Å². The Hall–Kier alpha value is -2.02. The molecule has 1 aliphatic heterocycles. The smallest absolute Gasteiger partial charge is 0.305 e. The van der Waals surface area contributed by atoms with Crippen molar-refractivity contribution < 1.29 is 19.4 Å². The molecule has 1 amide bonds. The fourth-order valence-corrected chi connectivity index (χ4v) is 2.61. The molecule has 0 atom stereocenters. The van der Waals surface area contributed by atoms with Crippen molar-refractivity contribution in [1.82, 2.24) is 14.9 Å². The molecular formula is C15H21N3O4. The number of rotatable bonds is 5. The highest BCUT2D eigenvalue weighted by Crippen LogP contribution is 2.19. The third-order valence-corrected chi connectivity index (χ3v) is 3.79. The van der Waals surface area contributed by atoms with E-state index >= 15 is 0 Å². The monoisotopic (exact) mass is 307 g/mol. The van der Waals surface area contributed by atoms with Crippen LogP contribution in [0.5, 0.6) is 0 Å². The first-order chi connectivity index (χ1) is 10.5. The van der Waals surface area contributed by atoms with Gasteiger partial charge in [0.05, 0.1) is 17.7 Å². The number of carboxylic acids is 1. The summed E-state index contributed by atoms with van der Waals surface area (Å²) in [6, 6.07) is 0.00121. The van der Waals surface area contributed by atoms with Crippen molar-refractivity contribution in [2.24, 2.45) is 0 Å². The molecule has 1 aliphatic rings. The van der Waals surface area contributed by atoms with Crippen LogP contribution in [0.25, 0.3) is 0 Å². The van der Waals surface area contributed by atoms with Crippen molar-refractivity contribution in [2.45, 2.75) is 39.2 Å². The molecule has 0 bridgehead atoms. The van der Waals surface area contributed by atoms with Crippen LogP contribution in [0.15, 0.2) is 6.20 Å². The van der Waals surface area contributed by atoms with E-state index in [2.05, 4.69) is 9.97 Å². The van der Waals surface area contributed by atoms with Gasteiger partial charge >= 0.3 is 5.97 Å². The van der Waals surface area contributed by atoms with E-state index in [0.29, 0.717) is 30.3 Å². The van der Waals surface area contributed by atoms with Crippen molar-refractivity contribution in [1.29, 1.82) is 0 Å². The quantitative estimate of drug-likeness (QED) is 0.878. The number of nitrogens with zero attached hydrogens (tertiary/aromatic N) is 3. The number of carboxylic acid groups (broad SMARTS) is 1. The molecule has 2 rings (SSSR count). The largest absolute Gasteiger partial charge is 0.481 e. The van der Waals surface area contributed by atoms with Gasteiger partial charge in [-0.15, -0.1) is 0 Å². The summed E-state index contributed by atoms with van der Waals surface area (Å²) in [5.41, 5.74) is 1.05. The normalized spacial score (nSPS) is 15.5. The Morgan fingerprint density at radius 3 is 2.64 bits per heavy atom. The van der Waals surface area contributed by atoms with Gasteiger partial charge in [-0.25, -0.2) is 9.97 Å². The Morgan fingerprint density at radius 2 is 2.05 bits per heavy atom. The van der Waals surface area contributed by atoms with E-state index in [0.717, 1.165) is 12.8 Å². The SMILES string of the molecule is Cc1ncc(C(=O)N(CCC(=O)O)C2CCOCC2)c(C)n1. The lowest BCUT2D eigenvalue weighted by Gasteiger charge is -2.34. The highest BCUT2D eigenvalue weighted by atomic mass is 16.5. The molecule has 1 aromatic rings. The van der Waals surface area contributed by atoms with Crippen LogP contribution in [0, 0.1) is 13.8 Å². The molecule has 120 valence electrons. The molecule has 2 heterocycles. The summed E-state index contributed by atoms with van der Waals surface area (Å²) in [5.74, 6) is -0.510. The Kier molecular flexibility index (Phi) is 5.43. The van der Waals surface area contributed by atoms with Gasteiger partial charge in [-0.2, -0.15) is 0 Å². The van der Waals surface area contributed by atoms with Crippen LogP contribution in [0.4, 0.5) is 0 Å². The van der Waals surface area contributed by atoms with Crippen LogP contribution >= 0.6 is 0 Å². The van der Waals surface area contributed by atoms with Crippen molar-refractivity contribution in [2.75, 3.05) is 19.8 Å². The second kappa shape index (κ2) is 7.31. The van der Waals surface area contributed by atoms with Crippen LogP contribution in [-0.4, -0.2) is 57.7 Å². The van der Waals surface area contributed by atoms with Crippen LogP contribution in [0.3, 0.4) is 0 Å². The maximum absolute atomic E-state index is 12.8. The highest BCUT2D eigenvalue weighted by Gasteiger charge is 2.28. The van der Waals surface area contributed by atoms with Gasteiger partial charge in [0.15, 0.2) is 0 Å². The maximum Gasteiger partial charge on any atom is 0.305 e. The lowest BCUT2D eigenvalue weighted by Crippen LogP contribution is -2.44. The van der Waals surface area contributed by atoms with Crippen molar-refractivity contribution in [3.63, 3.8) is 0 Å². The lowest BCUT2D eigenvalue weighted by atomic mass is 10.0. The Bertz CT molecular complexity index is 556. The van der Waals surface area contributed by atoms with E-state index in [9.17, 15) is 9.59 Å². The first-order valence-electron chi connectivity index (χ1n) is 7.39. The average molecular weight is 307 g/mol. The molecule has 0 unspecified atom stereocenters. The Morgan fingerprint density at radius 1 is 1.36 bits per heavy atom. The summed E-state index contributed by atoms with van der Waals surface area (Å²) in [5, 5.41) is 8.92. The molecule has 0 aliphatic carbocycles. The van der Waals surface area contributed by atoms with Crippen molar-refractivity contribution >= 4 is 11.9 Å². The van der Waals surface area contributed by atoms with Crippen LogP contribution in [0.1, 0.15) is 41.1 Å². The number of aliphatic carboxylic acids is 1. The predicted molar refractivity (Wildman–Crippen MR) is 78.6 cm³/mol. The number of amides is 1. The van der Waals surface area contributed by atoms with E-state index in [4.69, 9.17) is 9.84 Å². The minimum Gasteiger partial charge on any atom is -0.481 e. The molecular weight excluding hydrogens is 286 g/mol. The van der Waals surface area contributed by atoms with Crippen molar-refractivity contribution in [3.05, 3.63) is 23.3 Å². The number of hydrogen-bond donors (Lipinski definition) is 1. The van der Waals surface area contributed by atoms with Crippen LogP contribution in [-0.2, 0) is 9.53 Å². The van der Waals surface area contributed by atoms with E-state index in [-0.39, 0.29) is 24.9 Å². The molecule has 1 N–H and O–H groups in total. The summed E-state index contributed by atoms with van der Waals surface area (Å²) in [4.78, 5) is 33.6. The van der Waals surface area contributed by atoms with Gasteiger partial charge in [0, 0.05) is 32.0 Å². The molecule has 1 aromatic heterocycles. The summed E-state index contributed by atoms with van der Waals surface area (Å²) < 4.78 is 5.32. The molecule has 0 aromatic carbocycles. The number of aryl methyl sites for hydroxylation is 2. The predicted octanol–water partition coefficient (Wildman–Crippen LogP) is 1.19. The summed E-state index contributed by atoms with van der Waals surface area (Å²) >= 11 is 0. The third-order valence-electron chi connectivity index (χ3n) is 3.79. The van der Waals surface area contributed by atoms with Crippen LogP contribution in [0.2, 0.25) is 0 Å². The third kappa shape index (κ3) is 4.00. The second-order valence-corrected chi connectivity index (χ2v) is 5.40. The topological polar surface area (TPSA) is 92.6 Å². The van der Waals surface area contributed by atoms with Gasteiger partial charge in [-0.05, 0) is 26.7 Å². The molecule has 0 spiro atoms. The first kappa shape index (κ1) is 16.4. The second-order valence-electron chi connectivity index (χ2n) is 5.40.